The minimum Gasteiger partial charge on any atom is -0.772 e. The first-order valence-electron chi connectivity index (χ1n) is 3.35. The number of unbranched alkanes of at least 4 members (excludes halogenated alkanes) is 1. The predicted molar refractivity (Wildman–Crippen MR) is 39.7 cm³/mol. The third-order valence-corrected chi connectivity index (χ3v) is 1.81. The van der Waals surface area contributed by atoms with Crippen LogP contribution in [0.1, 0.15) is 19.3 Å². The summed E-state index contributed by atoms with van der Waals surface area (Å²) in [7, 11) is 0. The highest BCUT2D eigenvalue weighted by atomic mass is 32.2. The van der Waals surface area contributed by atoms with Gasteiger partial charge in [-0.25, -0.2) is 0 Å². The lowest BCUT2D eigenvalue weighted by atomic mass is 10.2. The molecule has 66 valence electrons. The zero-order valence-corrected chi connectivity index (χ0v) is 6.93. The molecule has 0 aromatic heterocycles. The number of carbonyl (C=O) groups is 1. The van der Waals surface area contributed by atoms with Gasteiger partial charge in [0.15, 0.2) is 5.78 Å². The quantitative estimate of drug-likeness (QED) is 0.444. The predicted octanol–water partition coefficient (Wildman–Crippen LogP) is -0.403. The Bertz CT molecular complexity index is 146. The van der Waals surface area contributed by atoms with E-state index in [2.05, 4.69) is 0 Å². The smallest absolute Gasteiger partial charge is 0.158 e. The maximum atomic E-state index is 10.5. The summed E-state index contributed by atoms with van der Waals surface area (Å²) >= 11 is -2.01. The Balaban J connectivity index is 3.14. The summed E-state index contributed by atoms with van der Waals surface area (Å²) < 4.78 is 20.0. The molecular weight excluding hydrogens is 168 g/mol. The monoisotopic (exact) mass is 179 g/mol. The van der Waals surface area contributed by atoms with Crippen molar-refractivity contribution in [2.45, 2.75) is 19.3 Å². The van der Waals surface area contributed by atoms with Crippen molar-refractivity contribution in [1.29, 1.82) is 0 Å². The minimum absolute atomic E-state index is 0.0959. The molecule has 0 aliphatic rings. The van der Waals surface area contributed by atoms with Gasteiger partial charge in [-0.3, -0.25) is 9.00 Å². The van der Waals surface area contributed by atoms with E-state index in [1.165, 1.54) is 0 Å². The maximum Gasteiger partial charge on any atom is 0.158 e. The van der Waals surface area contributed by atoms with Gasteiger partial charge in [0.05, 0.1) is 0 Å². The SMILES string of the molecule is O=C(CO)CCCCS(=O)[O-]. The van der Waals surface area contributed by atoms with Gasteiger partial charge < -0.3 is 9.66 Å². The third-order valence-electron chi connectivity index (χ3n) is 1.19. The van der Waals surface area contributed by atoms with Gasteiger partial charge in [-0.05, 0) is 12.8 Å². The van der Waals surface area contributed by atoms with Crippen LogP contribution < -0.4 is 0 Å². The van der Waals surface area contributed by atoms with Crippen LogP contribution in [-0.2, 0) is 15.9 Å². The molecule has 0 aromatic rings. The summed E-state index contributed by atoms with van der Waals surface area (Å²) in [6.07, 6.45) is 1.29. The van der Waals surface area contributed by atoms with Crippen LogP contribution in [-0.4, -0.2) is 32.0 Å². The number of rotatable bonds is 6. The minimum atomic E-state index is -2.01. The van der Waals surface area contributed by atoms with E-state index in [9.17, 15) is 13.6 Å². The second kappa shape index (κ2) is 6.45. The van der Waals surface area contributed by atoms with E-state index >= 15 is 0 Å². The molecule has 4 nitrogen and oxygen atoms in total. The average Bonchev–Trinajstić information content (AvgIpc) is 1.97. The molecular formula is C6H11O4S-. The molecule has 1 atom stereocenters. The molecule has 0 saturated carbocycles. The molecule has 5 heteroatoms. The summed E-state index contributed by atoms with van der Waals surface area (Å²) in [4.78, 5) is 10.5. The molecule has 1 N–H and O–H groups in total. The molecule has 0 spiro atoms. The van der Waals surface area contributed by atoms with Crippen LogP contribution in [0, 0.1) is 0 Å². The Labute approximate surface area is 67.9 Å². The van der Waals surface area contributed by atoms with Gasteiger partial charge >= 0.3 is 0 Å². The fourth-order valence-electron chi connectivity index (χ4n) is 0.621. The Morgan fingerprint density at radius 2 is 2.09 bits per heavy atom. The number of Topliss-reactive ketones (excluding diaryl/α,β-unsaturated/α-hetero) is 1. The van der Waals surface area contributed by atoms with Crippen LogP contribution in [0.4, 0.5) is 0 Å². The van der Waals surface area contributed by atoms with E-state index < -0.39 is 17.7 Å². The van der Waals surface area contributed by atoms with E-state index in [1.807, 2.05) is 0 Å². The molecule has 0 amide bonds. The number of carbonyl (C=O) groups excluding carboxylic acids is 1. The van der Waals surface area contributed by atoms with Crippen molar-refractivity contribution in [3.63, 3.8) is 0 Å². The Morgan fingerprint density at radius 3 is 2.55 bits per heavy atom. The fourth-order valence-corrected chi connectivity index (χ4v) is 1.06. The van der Waals surface area contributed by atoms with Crippen molar-refractivity contribution in [1.82, 2.24) is 0 Å². The first-order chi connectivity index (χ1) is 5.16. The van der Waals surface area contributed by atoms with Gasteiger partial charge in [0.25, 0.3) is 0 Å². The van der Waals surface area contributed by atoms with Gasteiger partial charge in [-0.15, -0.1) is 0 Å². The second-order valence-corrected chi connectivity index (χ2v) is 3.18. The van der Waals surface area contributed by atoms with Crippen LogP contribution in [0.3, 0.4) is 0 Å². The molecule has 0 heterocycles. The van der Waals surface area contributed by atoms with Gasteiger partial charge in [0.2, 0.25) is 0 Å². The average molecular weight is 179 g/mol. The number of hydrogen-bond donors (Lipinski definition) is 1. The van der Waals surface area contributed by atoms with E-state index in [0.717, 1.165) is 0 Å². The van der Waals surface area contributed by atoms with Crippen molar-refractivity contribution in [3.8, 4) is 0 Å². The van der Waals surface area contributed by atoms with Crippen molar-refractivity contribution in [3.05, 3.63) is 0 Å². The summed E-state index contributed by atoms with van der Waals surface area (Å²) in [5.41, 5.74) is 0. The number of ketones is 1. The highest BCUT2D eigenvalue weighted by Gasteiger charge is 1.97. The standard InChI is InChI=1S/C6H12O4S/c7-5-6(8)3-1-2-4-11(9)10/h7H,1-5H2,(H,9,10)/p-1. The molecule has 0 radical (unpaired) electrons. The Kier molecular flexibility index (Phi) is 6.30. The normalized spacial score (nSPS) is 12.9. The second-order valence-electron chi connectivity index (χ2n) is 2.16. The maximum absolute atomic E-state index is 10.5. The first kappa shape index (κ1) is 10.7. The van der Waals surface area contributed by atoms with Crippen molar-refractivity contribution in [2.24, 2.45) is 0 Å². The number of aliphatic hydroxyl groups is 1. The lowest BCUT2D eigenvalue weighted by Crippen LogP contribution is -2.04. The van der Waals surface area contributed by atoms with Crippen molar-refractivity contribution >= 4 is 16.9 Å². The zero-order valence-electron chi connectivity index (χ0n) is 6.12. The van der Waals surface area contributed by atoms with Crippen LogP contribution in [0.25, 0.3) is 0 Å². The van der Waals surface area contributed by atoms with Crippen LogP contribution in [0.15, 0.2) is 0 Å². The first-order valence-corrected chi connectivity index (χ1v) is 4.59. The van der Waals surface area contributed by atoms with E-state index in [1.54, 1.807) is 0 Å². The van der Waals surface area contributed by atoms with Gasteiger partial charge in [-0.1, -0.05) is 11.1 Å². The summed E-state index contributed by atoms with van der Waals surface area (Å²) in [6, 6.07) is 0. The molecule has 11 heavy (non-hydrogen) atoms. The topological polar surface area (TPSA) is 77.4 Å². The molecule has 0 fully saturated rings. The number of aliphatic hydroxyl groups excluding tert-OH is 1. The summed E-state index contributed by atoms with van der Waals surface area (Å²) in [5.74, 6) is -0.139. The molecule has 0 rings (SSSR count). The third kappa shape index (κ3) is 7.64. The zero-order chi connectivity index (χ0) is 8.69. The highest BCUT2D eigenvalue weighted by Crippen LogP contribution is 1.96. The molecule has 0 aromatic carbocycles. The lowest BCUT2D eigenvalue weighted by Gasteiger charge is -2.02. The van der Waals surface area contributed by atoms with Gasteiger partial charge in [-0.2, -0.15) is 0 Å². The highest BCUT2D eigenvalue weighted by molar-refractivity contribution is 7.79. The van der Waals surface area contributed by atoms with Crippen LogP contribution >= 0.6 is 0 Å². The molecule has 0 saturated heterocycles. The molecule has 1 unspecified atom stereocenters. The molecule has 0 aliphatic heterocycles. The van der Waals surface area contributed by atoms with Gasteiger partial charge in [0, 0.05) is 12.2 Å². The fraction of sp³-hybridized carbons (Fsp3) is 0.833. The van der Waals surface area contributed by atoms with E-state index in [0.29, 0.717) is 12.8 Å². The van der Waals surface area contributed by atoms with Gasteiger partial charge in [0.1, 0.15) is 6.61 Å². The number of hydrogen-bond acceptors (Lipinski definition) is 4. The summed E-state index contributed by atoms with van der Waals surface area (Å²) in [5, 5.41) is 8.27. The molecule has 0 aliphatic carbocycles. The lowest BCUT2D eigenvalue weighted by molar-refractivity contribution is -0.121. The van der Waals surface area contributed by atoms with Crippen molar-refractivity contribution in [2.75, 3.05) is 12.4 Å². The van der Waals surface area contributed by atoms with E-state index in [4.69, 9.17) is 5.11 Å². The van der Waals surface area contributed by atoms with Crippen LogP contribution in [0.5, 0.6) is 0 Å². The van der Waals surface area contributed by atoms with Crippen molar-refractivity contribution < 1.29 is 18.7 Å². The molecule has 0 bridgehead atoms. The Morgan fingerprint density at radius 1 is 1.45 bits per heavy atom. The van der Waals surface area contributed by atoms with E-state index in [-0.39, 0.29) is 18.0 Å². The Hall–Kier alpha value is -0.260. The van der Waals surface area contributed by atoms with Crippen LogP contribution in [0.2, 0.25) is 0 Å². The largest absolute Gasteiger partial charge is 0.772 e. The summed E-state index contributed by atoms with van der Waals surface area (Å²) in [6.45, 7) is -0.444.